The third-order valence-corrected chi connectivity index (χ3v) is 2.96. The van der Waals surface area contributed by atoms with Crippen molar-refractivity contribution in [3.05, 3.63) is 12.8 Å². The summed E-state index contributed by atoms with van der Waals surface area (Å²) in [5.74, 6) is 1.83. The number of fused-ring (bicyclic) bond motifs is 1. The van der Waals surface area contributed by atoms with Crippen LogP contribution in [0.25, 0.3) is 0 Å². The first kappa shape index (κ1) is 7.17. The van der Waals surface area contributed by atoms with Gasteiger partial charge >= 0.3 is 0 Å². The summed E-state index contributed by atoms with van der Waals surface area (Å²) in [5, 5.41) is 0. The molecule has 2 unspecified atom stereocenters. The van der Waals surface area contributed by atoms with Gasteiger partial charge in [-0.3, -0.25) is 0 Å². The van der Waals surface area contributed by atoms with E-state index in [2.05, 4.69) is 23.4 Å². The minimum Gasteiger partial charge on any atom is -0.377 e. The molecule has 0 bridgehead atoms. The highest BCUT2D eigenvalue weighted by Gasteiger charge is 2.37. The summed E-state index contributed by atoms with van der Waals surface area (Å²) >= 11 is 0. The van der Waals surface area contributed by atoms with Gasteiger partial charge in [0.25, 0.3) is 0 Å². The normalized spacial score (nSPS) is 37.7. The minimum atomic E-state index is 0.915. The van der Waals surface area contributed by atoms with Crippen LogP contribution >= 0.6 is 0 Å². The highest BCUT2D eigenvalue weighted by molar-refractivity contribution is 4.94. The second kappa shape index (κ2) is 2.52. The molecule has 0 aromatic rings. The van der Waals surface area contributed by atoms with Gasteiger partial charge in [0.05, 0.1) is 0 Å². The highest BCUT2D eigenvalue weighted by atomic mass is 15.2. The second-order valence-corrected chi connectivity index (χ2v) is 3.88. The van der Waals surface area contributed by atoms with Gasteiger partial charge in [-0.1, -0.05) is 6.58 Å². The minimum absolute atomic E-state index is 0.915. The van der Waals surface area contributed by atoms with E-state index in [1.165, 1.54) is 26.2 Å². The average Bonchev–Trinajstić information content (AvgIpc) is 2.43. The van der Waals surface area contributed by atoms with E-state index in [1.54, 1.807) is 0 Å². The quantitative estimate of drug-likeness (QED) is 0.543. The summed E-state index contributed by atoms with van der Waals surface area (Å²) in [5.41, 5.74) is 0. The molecule has 0 aromatic carbocycles. The van der Waals surface area contributed by atoms with Crippen molar-refractivity contribution in [2.75, 3.05) is 33.2 Å². The van der Waals surface area contributed by atoms with Gasteiger partial charge in [0.2, 0.25) is 0 Å². The zero-order valence-electron chi connectivity index (χ0n) is 7.16. The first-order valence-corrected chi connectivity index (χ1v) is 4.34. The first-order chi connectivity index (χ1) is 5.29. The Morgan fingerprint density at radius 2 is 1.73 bits per heavy atom. The molecule has 11 heavy (non-hydrogen) atoms. The van der Waals surface area contributed by atoms with E-state index in [1.807, 2.05) is 6.20 Å². The van der Waals surface area contributed by atoms with E-state index >= 15 is 0 Å². The number of hydrogen-bond acceptors (Lipinski definition) is 2. The molecule has 2 aliphatic rings. The summed E-state index contributed by atoms with van der Waals surface area (Å²) in [6.45, 7) is 8.84. The molecule has 2 rings (SSSR count). The summed E-state index contributed by atoms with van der Waals surface area (Å²) in [6.07, 6.45) is 1.98. The van der Waals surface area contributed by atoms with Gasteiger partial charge in [-0.2, -0.15) is 0 Å². The van der Waals surface area contributed by atoms with Gasteiger partial charge in [-0.05, 0) is 25.1 Å². The molecule has 2 saturated heterocycles. The van der Waals surface area contributed by atoms with Gasteiger partial charge in [-0.25, -0.2) is 0 Å². The van der Waals surface area contributed by atoms with E-state index in [-0.39, 0.29) is 0 Å². The first-order valence-electron chi connectivity index (χ1n) is 4.34. The SMILES string of the molecule is C=CN1CC2CN(C)CC2C1. The third kappa shape index (κ3) is 1.16. The van der Waals surface area contributed by atoms with Crippen LogP contribution in [0.5, 0.6) is 0 Å². The molecule has 0 radical (unpaired) electrons. The van der Waals surface area contributed by atoms with Crippen LogP contribution in [-0.4, -0.2) is 43.0 Å². The van der Waals surface area contributed by atoms with Crippen molar-refractivity contribution in [1.29, 1.82) is 0 Å². The van der Waals surface area contributed by atoms with Crippen molar-refractivity contribution in [2.45, 2.75) is 0 Å². The number of nitrogens with zero attached hydrogens (tertiary/aromatic N) is 2. The van der Waals surface area contributed by atoms with Crippen LogP contribution in [0.2, 0.25) is 0 Å². The topological polar surface area (TPSA) is 6.48 Å². The van der Waals surface area contributed by atoms with Crippen LogP contribution in [0.4, 0.5) is 0 Å². The molecule has 2 atom stereocenters. The largest absolute Gasteiger partial charge is 0.377 e. The molecular formula is C9H16N2. The van der Waals surface area contributed by atoms with Gasteiger partial charge < -0.3 is 9.80 Å². The van der Waals surface area contributed by atoms with Crippen LogP contribution < -0.4 is 0 Å². The Balaban J connectivity index is 1.98. The molecule has 0 aliphatic carbocycles. The standard InChI is InChI=1S/C9H16N2/c1-3-11-6-8-4-10(2)5-9(8)7-11/h3,8-9H,1,4-7H2,2H3. The van der Waals surface area contributed by atoms with Crippen molar-refractivity contribution in [2.24, 2.45) is 11.8 Å². The maximum absolute atomic E-state index is 3.80. The molecule has 62 valence electrons. The Morgan fingerprint density at radius 1 is 1.18 bits per heavy atom. The lowest BCUT2D eigenvalue weighted by atomic mass is 10.0. The molecule has 2 aliphatic heterocycles. The average molecular weight is 152 g/mol. The van der Waals surface area contributed by atoms with Crippen LogP contribution in [0.15, 0.2) is 12.8 Å². The summed E-state index contributed by atoms with van der Waals surface area (Å²) in [4.78, 5) is 4.79. The Bertz CT molecular complexity index is 153. The lowest BCUT2D eigenvalue weighted by molar-refractivity contribution is 0.335. The third-order valence-electron chi connectivity index (χ3n) is 2.96. The fourth-order valence-electron chi connectivity index (χ4n) is 2.41. The summed E-state index contributed by atoms with van der Waals surface area (Å²) in [7, 11) is 2.22. The fraction of sp³-hybridized carbons (Fsp3) is 0.778. The van der Waals surface area contributed by atoms with E-state index in [0.717, 1.165) is 11.8 Å². The molecule has 0 spiro atoms. The fourth-order valence-corrected chi connectivity index (χ4v) is 2.41. The van der Waals surface area contributed by atoms with Crippen molar-refractivity contribution in [3.63, 3.8) is 0 Å². The molecule has 2 nitrogen and oxygen atoms in total. The number of likely N-dealkylation sites (tertiary alicyclic amines) is 2. The van der Waals surface area contributed by atoms with Gasteiger partial charge in [0.15, 0.2) is 0 Å². The van der Waals surface area contributed by atoms with Gasteiger partial charge in [0, 0.05) is 26.2 Å². The maximum Gasteiger partial charge on any atom is 0.0216 e. The lowest BCUT2D eigenvalue weighted by Crippen LogP contribution is -2.22. The van der Waals surface area contributed by atoms with E-state index < -0.39 is 0 Å². The highest BCUT2D eigenvalue weighted by Crippen LogP contribution is 2.29. The lowest BCUT2D eigenvalue weighted by Gasteiger charge is -2.15. The molecule has 2 heterocycles. The van der Waals surface area contributed by atoms with E-state index in [0.29, 0.717) is 0 Å². The maximum atomic E-state index is 3.80. The second-order valence-electron chi connectivity index (χ2n) is 3.88. The Labute approximate surface area is 68.5 Å². The van der Waals surface area contributed by atoms with Crippen LogP contribution in [-0.2, 0) is 0 Å². The predicted octanol–water partition coefficient (Wildman–Crippen LogP) is 0.623. The van der Waals surface area contributed by atoms with E-state index in [9.17, 15) is 0 Å². The van der Waals surface area contributed by atoms with Crippen molar-refractivity contribution >= 4 is 0 Å². The van der Waals surface area contributed by atoms with Crippen molar-refractivity contribution in [3.8, 4) is 0 Å². The molecule has 0 aromatic heterocycles. The monoisotopic (exact) mass is 152 g/mol. The van der Waals surface area contributed by atoms with Crippen molar-refractivity contribution in [1.82, 2.24) is 9.80 Å². The Morgan fingerprint density at radius 3 is 2.18 bits per heavy atom. The van der Waals surface area contributed by atoms with E-state index in [4.69, 9.17) is 0 Å². The smallest absolute Gasteiger partial charge is 0.0216 e. The van der Waals surface area contributed by atoms with Crippen molar-refractivity contribution < 1.29 is 0 Å². The number of hydrogen-bond donors (Lipinski definition) is 0. The zero-order valence-corrected chi connectivity index (χ0v) is 7.16. The molecule has 0 N–H and O–H groups in total. The summed E-state index contributed by atoms with van der Waals surface area (Å²) in [6, 6.07) is 0. The van der Waals surface area contributed by atoms with Crippen LogP contribution in [0.3, 0.4) is 0 Å². The van der Waals surface area contributed by atoms with Gasteiger partial charge in [-0.15, -0.1) is 0 Å². The van der Waals surface area contributed by atoms with Crippen LogP contribution in [0.1, 0.15) is 0 Å². The number of rotatable bonds is 1. The van der Waals surface area contributed by atoms with Crippen LogP contribution in [0, 0.1) is 11.8 Å². The molecule has 0 amide bonds. The summed E-state index contributed by atoms with van der Waals surface area (Å²) < 4.78 is 0. The molecule has 2 heteroatoms. The van der Waals surface area contributed by atoms with Gasteiger partial charge in [0.1, 0.15) is 0 Å². The zero-order chi connectivity index (χ0) is 7.84. The Kier molecular flexibility index (Phi) is 1.64. The Hall–Kier alpha value is -0.500. The predicted molar refractivity (Wildman–Crippen MR) is 46.2 cm³/mol. The molecular weight excluding hydrogens is 136 g/mol. The molecule has 0 saturated carbocycles. The molecule has 2 fully saturated rings.